The zero-order valence-corrected chi connectivity index (χ0v) is 14.3. The molecular formula is C22H19N3O. The standard InChI is InChI=1S/C22H19N3O/c26-22(14-17-10-11-20-21(13-17)24-15-23-20)25-19-9-5-4-8-18(19)12-16-6-2-1-3-7-16/h1-11,13,15H,12,14H2,(H,23,24)(H,25,26). The molecule has 0 aliphatic rings. The van der Waals surface area contributed by atoms with Gasteiger partial charge in [-0.15, -0.1) is 0 Å². The number of para-hydroxylation sites is 1. The average Bonchev–Trinajstić information content (AvgIpc) is 3.12. The van der Waals surface area contributed by atoms with E-state index in [1.807, 2.05) is 54.6 Å². The van der Waals surface area contributed by atoms with E-state index >= 15 is 0 Å². The number of nitrogens with zero attached hydrogens (tertiary/aromatic N) is 1. The quantitative estimate of drug-likeness (QED) is 0.567. The monoisotopic (exact) mass is 341 g/mol. The maximum atomic E-state index is 12.5. The summed E-state index contributed by atoms with van der Waals surface area (Å²) in [5, 5.41) is 3.06. The van der Waals surface area contributed by atoms with Crippen LogP contribution in [0.3, 0.4) is 0 Å². The van der Waals surface area contributed by atoms with Gasteiger partial charge in [-0.1, -0.05) is 54.6 Å². The molecular weight excluding hydrogens is 322 g/mol. The number of benzene rings is 3. The van der Waals surface area contributed by atoms with Crippen LogP contribution < -0.4 is 5.32 Å². The van der Waals surface area contributed by atoms with Gasteiger partial charge >= 0.3 is 0 Å². The third-order valence-electron chi connectivity index (χ3n) is 4.38. The predicted molar refractivity (Wildman–Crippen MR) is 104 cm³/mol. The van der Waals surface area contributed by atoms with Gasteiger partial charge in [-0.05, 0) is 41.3 Å². The fourth-order valence-corrected chi connectivity index (χ4v) is 3.08. The Morgan fingerprint density at radius 3 is 2.62 bits per heavy atom. The second kappa shape index (κ2) is 7.23. The molecule has 0 spiro atoms. The highest BCUT2D eigenvalue weighted by molar-refractivity contribution is 5.93. The first-order valence-corrected chi connectivity index (χ1v) is 8.61. The molecule has 4 nitrogen and oxygen atoms in total. The number of fused-ring (bicyclic) bond motifs is 1. The maximum Gasteiger partial charge on any atom is 0.228 e. The van der Waals surface area contributed by atoms with Crippen LogP contribution in [0.15, 0.2) is 79.1 Å². The Kier molecular flexibility index (Phi) is 4.48. The molecule has 1 heterocycles. The minimum atomic E-state index is -0.0237. The van der Waals surface area contributed by atoms with Crippen molar-refractivity contribution in [2.24, 2.45) is 0 Å². The van der Waals surface area contributed by atoms with Gasteiger partial charge in [0.2, 0.25) is 5.91 Å². The smallest absolute Gasteiger partial charge is 0.228 e. The topological polar surface area (TPSA) is 57.8 Å². The molecule has 1 amide bonds. The summed E-state index contributed by atoms with van der Waals surface area (Å²) in [5.74, 6) is -0.0237. The van der Waals surface area contributed by atoms with Crippen molar-refractivity contribution in [3.8, 4) is 0 Å². The van der Waals surface area contributed by atoms with Gasteiger partial charge in [0.1, 0.15) is 0 Å². The van der Waals surface area contributed by atoms with E-state index in [9.17, 15) is 4.79 Å². The Balaban J connectivity index is 1.48. The third-order valence-corrected chi connectivity index (χ3v) is 4.38. The molecule has 0 bridgehead atoms. The Morgan fingerprint density at radius 2 is 1.73 bits per heavy atom. The molecule has 128 valence electrons. The number of hydrogen-bond acceptors (Lipinski definition) is 2. The highest BCUT2D eigenvalue weighted by Crippen LogP contribution is 2.20. The molecule has 0 saturated heterocycles. The number of nitrogens with one attached hydrogen (secondary N) is 2. The highest BCUT2D eigenvalue weighted by Gasteiger charge is 2.09. The lowest BCUT2D eigenvalue weighted by atomic mass is 10.0. The number of aromatic nitrogens is 2. The minimum Gasteiger partial charge on any atom is -0.345 e. The second-order valence-corrected chi connectivity index (χ2v) is 6.30. The zero-order valence-electron chi connectivity index (χ0n) is 14.3. The second-order valence-electron chi connectivity index (χ2n) is 6.30. The summed E-state index contributed by atoms with van der Waals surface area (Å²) < 4.78 is 0. The number of anilines is 1. The molecule has 0 atom stereocenters. The molecule has 4 aromatic rings. The average molecular weight is 341 g/mol. The van der Waals surface area contributed by atoms with Crippen molar-refractivity contribution in [3.05, 3.63) is 95.8 Å². The van der Waals surface area contributed by atoms with Crippen LogP contribution in [0.1, 0.15) is 16.7 Å². The minimum absolute atomic E-state index is 0.0237. The van der Waals surface area contributed by atoms with Crippen LogP contribution in [-0.4, -0.2) is 15.9 Å². The fourth-order valence-electron chi connectivity index (χ4n) is 3.08. The molecule has 0 radical (unpaired) electrons. The zero-order chi connectivity index (χ0) is 17.8. The number of aromatic amines is 1. The molecule has 0 fully saturated rings. The summed E-state index contributed by atoms with van der Waals surface area (Å²) in [4.78, 5) is 19.8. The van der Waals surface area contributed by atoms with Crippen LogP contribution in [0.25, 0.3) is 11.0 Å². The summed E-state index contributed by atoms with van der Waals surface area (Å²) in [5.41, 5.74) is 6.00. The number of carbonyl (C=O) groups excluding carboxylic acids is 1. The van der Waals surface area contributed by atoms with Crippen molar-refractivity contribution < 1.29 is 4.79 Å². The van der Waals surface area contributed by atoms with Gasteiger partial charge in [-0.3, -0.25) is 4.79 Å². The Labute approximate surface area is 151 Å². The van der Waals surface area contributed by atoms with Crippen LogP contribution >= 0.6 is 0 Å². The van der Waals surface area contributed by atoms with Crippen molar-refractivity contribution in [2.45, 2.75) is 12.8 Å². The lowest BCUT2D eigenvalue weighted by Crippen LogP contribution is -2.15. The molecule has 3 aromatic carbocycles. The SMILES string of the molecule is O=C(Cc1ccc2nc[nH]c2c1)Nc1ccccc1Cc1ccccc1. The van der Waals surface area contributed by atoms with Crippen molar-refractivity contribution >= 4 is 22.6 Å². The number of rotatable bonds is 5. The Hall–Kier alpha value is -3.40. The summed E-state index contributed by atoms with van der Waals surface area (Å²) in [7, 11) is 0. The molecule has 4 heteroatoms. The van der Waals surface area contributed by atoms with Crippen molar-refractivity contribution in [1.82, 2.24) is 9.97 Å². The maximum absolute atomic E-state index is 12.5. The van der Waals surface area contributed by atoms with Crippen LogP contribution in [0.5, 0.6) is 0 Å². The Morgan fingerprint density at radius 1 is 0.923 bits per heavy atom. The first-order chi connectivity index (χ1) is 12.8. The van der Waals surface area contributed by atoms with Gasteiger partial charge in [0, 0.05) is 5.69 Å². The number of carbonyl (C=O) groups is 1. The van der Waals surface area contributed by atoms with E-state index in [4.69, 9.17) is 0 Å². The van der Waals surface area contributed by atoms with Gasteiger partial charge in [-0.2, -0.15) is 0 Å². The number of H-pyrrole nitrogens is 1. The molecule has 0 aliphatic carbocycles. The van der Waals surface area contributed by atoms with E-state index < -0.39 is 0 Å². The summed E-state index contributed by atoms with van der Waals surface area (Å²) in [6.07, 6.45) is 2.78. The number of amides is 1. The van der Waals surface area contributed by atoms with E-state index in [1.165, 1.54) is 5.56 Å². The highest BCUT2D eigenvalue weighted by atomic mass is 16.1. The largest absolute Gasteiger partial charge is 0.345 e. The Bertz CT molecular complexity index is 1040. The third kappa shape index (κ3) is 3.64. The van der Waals surface area contributed by atoms with Gasteiger partial charge in [0.25, 0.3) is 0 Å². The molecule has 0 aliphatic heterocycles. The van der Waals surface area contributed by atoms with E-state index in [0.29, 0.717) is 6.42 Å². The van der Waals surface area contributed by atoms with Crippen LogP contribution in [0.2, 0.25) is 0 Å². The first kappa shape index (κ1) is 16.1. The van der Waals surface area contributed by atoms with Crippen molar-refractivity contribution in [1.29, 1.82) is 0 Å². The van der Waals surface area contributed by atoms with E-state index in [2.05, 4.69) is 33.5 Å². The van der Waals surface area contributed by atoms with Crippen molar-refractivity contribution in [3.63, 3.8) is 0 Å². The number of imidazole rings is 1. The van der Waals surface area contributed by atoms with E-state index in [-0.39, 0.29) is 5.91 Å². The number of hydrogen-bond donors (Lipinski definition) is 2. The lowest BCUT2D eigenvalue weighted by molar-refractivity contribution is -0.115. The summed E-state index contributed by atoms with van der Waals surface area (Å²) >= 11 is 0. The summed E-state index contributed by atoms with van der Waals surface area (Å²) in [6.45, 7) is 0. The first-order valence-electron chi connectivity index (χ1n) is 8.61. The van der Waals surface area contributed by atoms with E-state index in [0.717, 1.165) is 34.3 Å². The molecule has 4 rings (SSSR count). The van der Waals surface area contributed by atoms with E-state index in [1.54, 1.807) is 6.33 Å². The van der Waals surface area contributed by atoms with Crippen LogP contribution in [0, 0.1) is 0 Å². The van der Waals surface area contributed by atoms with Crippen LogP contribution in [-0.2, 0) is 17.6 Å². The lowest BCUT2D eigenvalue weighted by Gasteiger charge is -2.11. The molecule has 2 N–H and O–H groups in total. The fraction of sp³-hybridized carbons (Fsp3) is 0.0909. The van der Waals surface area contributed by atoms with Gasteiger partial charge in [0.15, 0.2) is 0 Å². The molecule has 0 saturated carbocycles. The predicted octanol–water partition coefficient (Wildman–Crippen LogP) is 4.33. The normalized spacial score (nSPS) is 10.8. The van der Waals surface area contributed by atoms with Crippen molar-refractivity contribution in [2.75, 3.05) is 5.32 Å². The summed E-state index contributed by atoms with van der Waals surface area (Å²) in [6, 6.07) is 24.1. The van der Waals surface area contributed by atoms with Gasteiger partial charge in [-0.25, -0.2) is 4.98 Å². The molecule has 1 aromatic heterocycles. The van der Waals surface area contributed by atoms with Gasteiger partial charge < -0.3 is 10.3 Å². The van der Waals surface area contributed by atoms with Gasteiger partial charge in [0.05, 0.1) is 23.8 Å². The van der Waals surface area contributed by atoms with Crippen LogP contribution in [0.4, 0.5) is 5.69 Å². The molecule has 26 heavy (non-hydrogen) atoms. The molecule has 0 unspecified atom stereocenters.